The molecule has 0 spiro atoms. The summed E-state index contributed by atoms with van der Waals surface area (Å²) in [6.07, 6.45) is 5.54. The summed E-state index contributed by atoms with van der Waals surface area (Å²) in [6, 6.07) is 6.12. The van der Waals surface area contributed by atoms with Crippen molar-refractivity contribution in [2.24, 2.45) is 0 Å². The van der Waals surface area contributed by atoms with Crippen molar-refractivity contribution >= 4 is 0 Å². The van der Waals surface area contributed by atoms with Crippen LogP contribution in [0.5, 0.6) is 5.75 Å². The molecule has 0 saturated heterocycles. The van der Waals surface area contributed by atoms with Gasteiger partial charge in [0, 0.05) is 0 Å². The molecule has 0 atom stereocenters. The maximum Gasteiger partial charge on any atom is 0.119 e. The topological polar surface area (TPSA) is 20.2 Å². The largest absolute Gasteiger partial charge is 0.508 e. The molecule has 0 saturated carbocycles. The van der Waals surface area contributed by atoms with E-state index < -0.39 is 0 Å². The van der Waals surface area contributed by atoms with E-state index in [1.54, 1.807) is 0 Å². The van der Waals surface area contributed by atoms with Gasteiger partial charge in [-0.2, -0.15) is 0 Å². The quantitative estimate of drug-likeness (QED) is 0.754. The zero-order valence-corrected chi connectivity index (χ0v) is 9.21. The summed E-state index contributed by atoms with van der Waals surface area (Å²) < 4.78 is 0. The predicted octanol–water partition coefficient (Wildman–Crippen LogP) is 3.69. The van der Waals surface area contributed by atoms with Crippen LogP contribution in [0.15, 0.2) is 18.2 Å². The van der Waals surface area contributed by atoms with Gasteiger partial charge in [0.1, 0.15) is 5.75 Å². The molecule has 78 valence electrons. The number of aryl methyl sites for hydroxylation is 2. The second-order valence-electron chi connectivity index (χ2n) is 3.82. The predicted molar refractivity (Wildman–Crippen MR) is 60.7 cm³/mol. The molecule has 0 amide bonds. The Balaban J connectivity index is 2.68. The normalized spacial score (nSPS) is 10.4. The van der Waals surface area contributed by atoms with Gasteiger partial charge in [-0.1, -0.05) is 38.8 Å². The highest BCUT2D eigenvalue weighted by Crippen LogP contribution is 2.21. The van der Waals surface area contributed by atoms with E-state index in [1.165, 1.54) is 18.4 Å². The van der Waals surface area contributed by atoms with Crippen LogP contribution in [0.25, 0.3) is 0 Å². The third-order valence-corrected chi connectivity index (χ3v) is 2.49. The molecule has 1 rings (SSSR count). The second-order valence-corrected chi connectivity index (χ2v) is 3.82. The maximum atomic E-state index is 9.72. The molecule has 14 heavy (non-hydrogen) atoms. The average Bonchev–Trinajstić information content (AvgIpc) is 2.19. The lowest BCUT2D eigenvalue weighted by atomic mass is 10.0. The highest BCUT2D eigenvalue weighted by molar-refractivity contribution is 5.36. The molecule has 0 radical (unpaired) electrons. The summed E-state index contributed by atoms with van der Waals surface area (Å²) in [5, 5.41) is 9.72. The number of phenolic OH excluding ortho intramolecular Hbond substituents is 1. The van der Waals surface area contributed by atoms with Crippen molar-refractivity contribution in [3.63, 3.8) is 0 Å². The number of hydrogen-bond acceptors (Lipinski definition) is 1. The third-order valence-electron chi connectivity index (χ3n) is 2.49. The molecule has 0 aliphatic carbocycles. The first-order chi connectivity index (χ1) is 6.77. The van der Waals surface area contributed by atoms with Gasteiger partial charge in [-0.25, -0.2) is 0 Å². The van der Waals surface area contributed by atoms with E-state index in [4.69, 9.17) is 0 Å². The van der Waals surface area contributed by atoms with Gasteiger partial charge in [0.25, 0.3) is 0 Å². The fourth-order valence-electron chi connectivity index (χ4n) is 1.63. The second kappa shape index (κ2) is 5.69. The maximum absolute atomic E-state index is 9.72. The molecule has 0 aliphatic rings. The molecular weight excluding hydrogens is 172 g/mol. The van der Waals surface area contributed by atoms with Crippen LogP contribution in [-0.4, -0.2) is 5.11 Å². The summed E-state index contributed by atoms with van der Waals surface area (Å²) >= 11 is 0. The van der Waals surface area contributed by atoms with E-state index >= 15 is 0 Å². The lowest BCUT2D eigenvalue weighted by molar-refractivity contribution is 0.466. The first-order valence-corrected chi connectivity index (χ1v) is 5.58. The molecule has 0 fully saturated rings. The first-order valence-electron chi connectivity index (χ1n) is 5.58. The van der Waals surface area contributed by atoms with Gasteiger partial charge in [0.2, 0.25) is 0 Å². The summed E-state index contributed by atoms with van der Waals surface area (Å²) in [7, 11) is 0. The number of benzene rings is 1. The minimum absolute atomic E-state index is 0.473. The Kier molecular flexibility index (Phi) is 4.51. The standard InChI is InChI=1S/C13H20O/c1-3-5-7-11-8-9-12(6-4-2)13(14)10-11/h8-10,14H,3-7H2,1-2H3. The zero-order chi connectivity index (χ0) is 10.4. The monoisotopic (exact) mass is 192 g/mol. The molecule has 0 aliphatic heterocycles. The molecule has 1 N–H and O–H groups in total. The summed E-state index contributed by atoms with van der Waals surface area (Å²) in [4.78, 5) is 0. The molecule has 1 aromatic carbocycles. The van der Waals surface area contributed by atoms with Crippen molar-refractivity contribution in [2.45, 2.75) is 46.0 Å². The highest BCUT2D eigenvalue weighted by atomic mass is 16.3. The molecule has 0 bridgehead atoms. The van der Waals surface area contributed by atoms with E-state index in [2.05, 4.69) is 26.0 Å². The smallest absolute Gasteiger partial charge is 0.119 e. The van der Waals surface area contributed by atoms with Crippen molar-refractivity contribution in [2.75, 3.05) is 0 Å². The summed E-state index contributed by atoms with van der Waals surface area (Å²) in [5.74, 6) is 0.473. The molecule has 1 heteroatoms. The molecule has 1 aromatic rings. The number of phenols is 1. The first kappa shape index (κ1) is 11.1. The SMILES string of the molecule is CCCCc1ccc(CCC)c(O)c1. The summed E-state index contributed by atoms with van der Waals surface area (Å²) in [5.41, 5.74) is 2.33. The summed E-state index contributed by atoms with van der Waals surface area (Å²) in [6.45, 7) is 4.32. The fraction of sp³-hybridized carbons (Fsp3) is 0.538. The van der Waals surface area contributed by atoms with E-state index in [1.807, 2.05) is 6.07 Å². The van der Waals surface area contributed by atoms with Crippen LogP contribution in [0.2, 0.25) is 0 Å². The van der Waals surface area contributed by atoms with Crippen LogP contribution in [0.4, 0.5) is 0 Å². The fourth-order valence-corrected chi connectivity index (χ4v) is 1.63. The van der Waals surface area contributed by atoms with Crippen LogP contribution in [0.3, 0.4) is 0 Å². The van der Waals surface area contributed by atoms with Crippen molar-refractivity contribution in [1.29, 1.82) is 0 Å². The molecular formula is C13H20O. The Bertz CT molecular complexity index is 279. The van der Waals surface area contributed by atoms with Gasteiger partial charge in [-0.05, 0) is 36.5 Å². The van der Waals surface area contributed by atoms with Crippen molar-refractivity contribution in [1.82, 2.24) is 0 Å². The van der Waals surface area contributed by atoms with E-state index in [0.717, 1.165) is 24.8 Å². The molecule has 0 unspecified atom stereocenters. The average molecular weight is 192 g/mol. The van der Waals surface area contributed by atoms with E-state index in [-0.39, 0.29) is 0 Å². The highest BCUT2D eigenvalue weighted by Gasteiger charge is 2.01. The zero-order valence-electron chi connectivity index (χ0n) is 9.21. The molecule has 0 aromatic heterocycles. The van der Waals surface area contributed by atoms with Crippen LogP contribution in [0, 0.1) is 0 Å². The number of unbranched alkanes of at least 4 members (excludes halogenated alkanes) is 1. The van der Waals surface area contributed by atoms with E-state index in [9.17, 15) is 5.11 Å². The number of aromatic hydroxyl groups is 1. The Morgan fingerprint density at radius 2 is 1.86 bits per heavy atom. The van der Waals surface area contributed by atoms with Gasteiger partial charge in [0.05, 0.1) is 0 Å². The number of hydrogen-bond donors (Lipinski definition) is 1. The van der Waals surface area contributed by atoms with Gasteiger partial charge >= 0.3 is 0 Å². The van der Waals surface area contributed by atoms with Crippen molar-refractivity contribution in [3.8, 4) is 5.75 Å². The van der Waals surface area contributed by atoms with Gasteiger partial charge in [0.15, 0.2) is 0 Å². The van der Waals surface area contributed by atoms with Crippen LogP contribution in [-0.2, 0) is 12.8 Å². The number of rotatable bonds is 5. The van der Waals surface area contributed by atoms with Crippen LogP contribution < -0.4 is 0 Å². The molecule has 1 nitrogen and oxygen atoms in total. The minimum atomic E-state index is 0.473. The minimum Gasteiger partial charge on any atom is -0.508 e. The Hall–Kier alpha value is -0.980. The van der Waals surface area contributed by atoms with Crippen LogP contribution in [0.1, 0.15) is 44.2 Å². The lowest BCUT2D eigenvalue weighted by Gasteiger charge is -2.05. The van der Waals surface area contributed by atoms with Crippen LogP contribution >= 0.6 is 0 Å². The molecule has 0 heterocycles. The van der Waals surface area contributed by atoms with Gasteiger partial charge < -0.3 is 5.11 Å². The van der Waals surface area contributed by atoms with E-state index in [0.29, 0.717) is 5.75 Å². The Morgan fingerprint density at radius 1 is 1.07 bits per heavy atom. The third kappa shape index (κ3) is 3.06. The Labute approximate surface area is 86.8 Å². The van der Waals surface area contributed by atoms with Crippen molar-refractivity contribution < 1.29 is 5.11 Å². The van der Waals surface area contributed by atoms with Crippen molar-refractivity contribution in [3.05, 3.63) is 29.3 Å². The lowest BCUT2D eigenvalue weighted by Crippen LogP contribution is -1.88. The Morgan fingerprint density at radius 3 is 2.43 bits per heavy atom. The van der Waals surface area contributed by atoms with Gasteiger partial charge in [-0.15, -0.1) is 0 Å². The van der Waals surface area contributed by atoms with Gasteiger partial charge in [-0.3, -0.25) is 0 Å².